The zero-order chi connectivity index (χ0) is 12.3. The summed E-state index contributed by atoms with van der Waals surface area (Å²) in [5.74, 6) is -3.22. The average Bonchev–Trinajstić information content (AvgIpc) is 2.14. The van der Waals surface area contributed by atoms with Crippen LogP contribution >= 0.6 is 0 Å². The lowest BCUT2D eigenvalue weighted by molar-refractivity contribution is -0.319. The third kappa shape index (κ3) is 3.48. The van der Waals surface area contributed by atoms with E-state index in [1.54, 1.807) is 0 Å². The third-order valence-corrected chi connectivity index (χ3v) is 2.99. The number of carboxylic acid groups (broad SMARTS) is 2. The minimum Gasteiger partial charge on any atom is -0.550 e. The van der Waals surface area contributed by atoms with Gasteiger partial charge in [-0.15, -0.1) is 0 Å². The molecule has 0 bridgehead atoms. The van der Waals surface area contributed by atoms with Crippen molar-refractivity contribution in [2.45, 2.75) is 38.7 Å². The van der Waals surface area contributed by atoms with Gasteiger partial charge in [-0.3, -0.25) is 0 Å². The second kappa shape index (κ2) is 4.82. The molecule has 1 heterocycles. The monoisotopic (exact) mass is 228 g/mol. The molecule has 5 heteroatoms. The molecule has 1 saturated heterocycles. The Morgan fingerprint density at radius 3 is 2.50 bits per heavy atom. The van der Waals surface area contributed by atoms with E-state index in [0.717, 1.165) is 0 Å². The number of rotatable bonds is 4. The molecule has 0 N–H and O–H groups in total. The van der Waals surface area contributed by atoms with Gasteiger partial charge in [-0.1, -0.05) is 0 Å². The fourth-order valence-corrected chi connectivity index (χ4v) is 2.07. The fourth-order valence-electron chi connectivity index (χ4n) is 2.07. The summed E-state index contributed by atoms with van der Waals surface area (Å²) in [4.78, 5) is 21.3. The lowest BCUT2D eigenvalue weighted by Gasteiger charge is -2.41. The molecule has 0 aromatic carbocycles. The molecular formula is C11H16O5-2. The number of aliphatic carboxylic acids is 2. The number of hydrogen-bond acceptors (Lipinski definition) is 5. The molecule has 0 aliphatic carbocycles. The van der Waals surface area contributed by atoms with Crippen LogP contribution < -0.4 is 10.2 Å². The largest absolute Gasteiger partial charge is 0.550 e. The van der Waals surface area contributed by atoms with Gasteiger partial charge in [-0.25, -0.2) is 0 Å². The Labute approximate surface area is 94.4 Å². The number of carbonyl (C=O) groups is 2. The van der Waals surface area contributed by atoms with E-state index in [1.807, 2.05) is 13.8 Å². The molecule has 1 rings (SSSR count). The molecule has 92 valence electrons. The minimum absolute atomic E-state index is 0.141. The Kier molecular flexibility index (Phi) is 3.91. The molecule has 0 unspecified atom stereocenters. The molecule has 0 aromatic heterocycles. The van der Waals surface area contributed by atoms with Gasteiger partial charge in [0.25, 0.3) is 0 Å². The lowest BCUT2D eigenvalue weighted by Crippen LogP contribution is -2.47. The smallest absolute Gasteiger partial charge is 0.0633 e. The summed E-state index contributed by atoms with van der Waals surface area (Å²) in [5, 5.41) is 21.3. The van der Waals surface area contributed by atoms with Crippen molar-refractivity contribution in [1.82, 2.24) is 0 Å². The summed E-state index contributed by atoms with van der Waals surface area (Å²) in [7, 11) is 0. The first-order chi connectivity index (χ1) is 7.32. The second-order valence-corrected chi connectivity index (χ2v) is 4.87. The van der Waals surface area contributed by atoms with E-state index >= 15 is 0 Å². The van der Waals surface area contributed by atoms with Gasteiger partial charge in [0.05, 0.1) is 12.2 Å². The number of carboxylic acids is 2. The highest BCUT2D eigenvalue weighted by Crippen LogP contribution is 2.34. The Balaban J connectivity index is 2.62. The van der Waals surface area contributed by atoms with Crippen molar-refractivity contribution in [1.29, 1.82) is 0 Å². The SMILES string of the molecule is CC1(C)C[C@@H](C(=O)[O-])[C@@H](CCC(=O)[O-])CO1. The zero-order valence-corrected chi connectivity index (χ0v) is 9.52. The maximum atomic E-state index is 11.0. The first-order valence-corrected chi connectivity index (χ1v) is 5.36. The van der Waals surface area contributed by atoms with E-state index in [-0.39, 0.29) is 25.4 Å². The summed E-state index contributed by atoms with van der Waals surface area (Å²) in [5.41, 5.74) is -0.483. The van der Waals surface area contributed by atoms with Crippen LogP contribution in [0.5, 0.6) is 0 Å². The molecular weight excluding hydrogens is 212 g/mol. The van der Waals surface area contributed by atoms with Gasteiger partial charge >= 0.3 is 0 Å². The van der Waals surface area contributed by atoms with E-state index in [9.17, 15) is 19.8 Å². The minimum atomic E-state index is -1.16. The zero-order valence-electron chi connectivity index (χ0n) is 9.52. The van der Waals surface area contributed by atoms with Crippen molar-refractivity contribution >= 4 is 11.9 Å². The molecule has 1 aliphatic heterocycles. The van der Waals surface area contributed by atoms with Gasteiger partial charge < -0.3 is 24.5 Å². The predicted octanol–water partition coefficient (Wildman–Crippen LogP) is -1.30. The van der Waals surface area contributed by atoms with E-state index in [2.05, 4.69) is 0 Å². The van der Waals surface area contributed by atoms with E-state index < -0.39 is 23.5 Å². The number of ether oxygens (including phenoxy) is 1. The Morgan fingerprint density at radius 1 is 1.38 bits per heavy atom. The highest BCUT2D eigenvalue weighted by atomic mass is 16.5. The van der Waals surface area contributed by atoms with Crippen molar-refractivity contribution in [2.24, 2.45) is 11.8 Å². The molecule has 0 saturated carbocycles. The van der Waals surface area contributed by atoms with Crippen LogP contribution in [0, 0.1) is 11.8 Å². The standard InChI is InChI=1S/C11H18O5/c1-11(2)5-8(10(14)15)7(6-16-11)3-4-9(12)13/h7-8H,3-6H2,1-2H3,(H,12,13)(H,14,15)/p-2/t7-,8+/m0/s1. The maximum absolute atomic E-state index is 11.0. The summed E-state index contributed by atoms with van der Waals surface area (Å²) in [6.07, 6.45) is 0.475. The second-order valence-electron chi connectivity index (χ2n) is 4.87. The van der Waals surface area contributed by atoms with Crippen LogP contribution in [-0.4, -0.2) is 24.1 Å². The normalized spacial score (nSPS) is 28.6. The first-order valence-electron chi connectivity index (χ1n) is 5.36. The van der Waals surface area contributed by atoms with Crippen LogP contribution in [0.3, 0.4) is 0 Å². The van der Waals surface area contributed by atoms with E-state index in [0.29, 0.717) is 6.42 Å². The highest BCUT2D eigenvalue weighted by molar-refractivity contribution is 5.69. The topological polar surface area (TPSA) is 89.5 Å². The number of hydrogen-bond donors (Lipinski definition) is 0. The van der Waals surface area contributed by atoms with Crippen molar-refractivity contribution in [2.75, 3.05) is 6.61 Å². The van der Waals surface area contributed by atoms with Crippen LogP contribution in [0.1, 0.15) is 33.1 Å². The average molecular weight is 228 g/mol. The summed E-state index contributed by atoms with van der Waals surface area (Å²) >= 11 is 0. The molecule has 5 nitrogen and oxygen atoms in total. The van der Waals surface area contributed by atoms with Crippen LogP contribution in [0.2, 0.25) is 0 Å². The van der Waals surface area contributed by atoms with Gasteiger partial charge in [0.15, 0.2) is 0 Å². The van der Waals surface area contributed by atoms with Crippen LogP contribution in [0.4, 0.5) is 0 Å². The Morgan fingerprint density at radius 2 is 2.00 bits per heavy atom. The van der Waals surface area contributed by atoms with Gasteiger partial charge in [0, 0.05) is 17.9 Å². The fraction of sp³-hybridized carbons (Fsp3) is 0.818. The molecule has 16 heavy (non-hydrogen) atoms. The quantitative estimate of drug-likeness (QED) is 0.596. The van der Waals surface area contributed by atoms with E-state index in [1.165, 1.54) is 0 Å². The molecule has 0 radical (unpaired) electrons. The van der Waals surface area contributed by atoms with E-state index in [4.69, 9.17) is 4.74 Å². The van der Waals surface area contributed by atoms with Gasteiger partial charge in [0.2, 0.25) is 0 Å². The summed E-state index contributed by atoms with van der Waals surface area (Å²) < 4.78 is 5.49. The van der Waals surface area contributed by atoms with Crippen LogP contribution in [-0.2, 0) is 14.3 Å². The Hall–Kier alpha value is -1.10. The summed E-state index contributed by atoms with van der Waals surface area (Å²) in [6.45, 7) is 3.90. The molecule has 0 amide bonds. The van der Waals surface area contributed by atoms with Crippen molar-refractivity contribution in [3.05, 3.63) is 0 Å². The van der Waals surface area contributed by atoms with Gasteiger partial charge in [-0.2, -0.15) is 0 Å². The van der Waals surface area contributed by atoms with Crippen LogP contribution in [0.25, 0.3) is 0 Å². The van der Waals surface area contributed by atoms with Gasteiger partial charge in [-0.05, 0) is 39.0 Å². The van der Waals surface area contributed by atoms with Crippen molar-refractivity contribution in [3.63, 3.8) is 0 Å². The molecule has 0 spiro atoms. The van der Waals surface area contributed by atoms with Crippen molar-refractivity contribution < 1.29 is 24.5 Å². The predicted molar refractivity (Wildman–Crippen MR) is 50.9 cm³/mol. The van der Waals surface area contributed by atoms with Gasteiger partial charge in [0.1, 0.15) is 0 Å². The molecule has 0 aromatic rings. The lowest BCUT2D eigenvalue weighted by atomic mass is 9.79. The molecule has 1 aliphatic rings. The van der Waals surface area contributed by atoms with Crippen LogP contribution in [0.15, 0.2) is 0 Å². The number of carbonyl (C=O) groups excluding carboxylic acids is 2. The summed E-state index contributed by atoms with van der Waals surface area (Å²) in [6, 6.07) is 0. The Bertz CT molecular complexity index is 284. The molecule has 1 fully saturated rings. The maximum Gasteiger partial charge on any atom is 0.0633 e. The highest BCUT2D eigenvalue weighted by Gasteiger charge is 2.36. The molecule has 2 atom stereocenters. The van der Waals surface area contributed by atoms with Crippen molar-refractivity contribution in [3.8, 4) is 0 Å². The third-order valence-electron chi connectivity index (χ3n) is 2.99. The first kappa shape index (κ1) is 13.0.